The summed E-state index contributed by atoms with van der Waals surface area (Å²) in [4.78, 5) is 14.2. The van der Waals surface area contributed by atoms with E-state index in [9.17, 15) is 0 Å². The molecular weight excluding hydrogens is 282 g/mol. The lowest BCUT2D eigenvalue weighted by Gasteiger charge is -2.14. The Hall–Kier alpha value is -2.21. The molecule has 0 spiro atoms. The van der Waals surface area contributed by atoms with Crippen molar-refractivity contribution in [3.05, 3.63) is 52.6 Å². The van der Waals surface area contributed by atoms with Crippen LogP contribution in [0.15, 0.2) is 36.2 Å². The van der Waals surface area contributed by atoms with E-state index in [0.29, 0.717) is 0 Å². The first-order chi connectivity index (χ1) is 10.1. The highest BCUT2D eigenvalue weighted by atomic mass is 32.1. The number of anilines is 1. The quantitative estimate of drug-likeness (QED) is 0.801. The number of nitrogens with zero attached hydrogens (tertiary/aromatic N) is 4. The van der Waals surface area contributed by atoms with E-state index in [2.05, 4.69) is 27.2 Å². The van der Waals surface area contributed by atoms with E-state index in [0.717, 1.165) is 23.0 Å². The molecule has 0 aliphatic heterocycles. The minimum Gasteiger partial charge on any atom is -0.376 e. The van der Waals surface area contributed by atoms with Crippen LogP contribution in [-0.4, -0.2) is 19.5 Å². The van der Waals surface area contributed by atoms with Gasteiger partial charge >= 0.3 is 0 Å². The minimum absolute atomic E-state index is 0.222. The van der Waals surface area contributed by atoms with Gasteiger partial charge in [-0.05, 0) is 32.9 Å². The van der Waals surface area contributed by atoms with Crippen molar-refractivity contribution in [1.29, 1.82) is 0 Å². The zero-order valence-electron chi connectivity index (χ0n) is 12.2. The number of pyridine rings is 1. The Morgan fingerprint density at radius 3 is 2.62 bits per heavy atom. The zero-order chi connectivity index (χ0) is 14.8. The van der Waals surface area contributed by atoms with Gasteiger partial charge in [-0.3, -0.25) is 4.57 Å². The van der Waals surface area contributed by atoms with Crippen molar-refractivity contribution >= 4 is 17.0 Å². The lowest BCUT2D eigenvalue weighted by Crippen LogP contribution is -2.07. The Morgan fingerprint density at radius 2 is 2.05 bits per heavy atom. The molecule has 6 heteroatoms. The normalized spacial score (nSPS) is 12.3. The molecule has 0 fully saturated rings. The monoisotopic (exact) mass is 299 g/mol. The van der Waals surface area contributed by atoms with Crippen LogP contribution in [-0.2, 0) is 0 Å². The van der Waals surface area contributed by atoms with Crippen LogP contribution in [0.2, 0.25) is 0 Å². The fourth-order valence-corrected chi connectivity index (χ4v) is 3.09. The van der Waals surface area contributed by atoms with E-state index in [4.69, 9.17) is 0 Å². The van der Waals surface area contributed by atoms with E-state index < -0.39 is 0 Å². The second-order valence-corrected chi connectivity index (χ2v) is 5.80. The number of aryl methyl sites for hydroxylation is 2. The molecule has 0 saturated heterocycles. The molecule has 0 aliphatic rings. The summed E-state index contributed by atoms with van der Waals surface area (Å²) in [6.45, 7) is 6.13. The molecule has 0 amide bonds. The fraction of sp³-hybridized carbons (Fsp3) is 0.267. The van der Waals surface area contributed by atoms with Crippen LogP contribution in [0.25, 0.3) is 5.82 Å². The topological polar surface area (TPSA) is 55.6 Å². The van der Waals surface area contributed by atoms with Crippen molar-refractivity contribution in [3.63, 3.8) is 0 Å². The van der Waals surface area contributed by atoms with Crippen LogP contribution in [0, 0.1) is 13.8 Å². The Morgan fingerprint density at radius 1 is 1.19 bits per heavy atom. The highest BCUT2D eigenvalue weighted by molar-refractivity contribution is 7.09. The maximum Gasteiger partial charge on any atom is 0.138 e. The summed E-state index contributed by atoms with van der Waals surface area (Å²) in [6.07, 6.45) is 5.54. The predicted molar refractivity (Wildman–Crippen MR) is 85.0 cm³/mol. The van der Waals surface area contributed by atoms with Gasteiger partial charge in [-0.15, -0.1) is 11.3 Å². The number of nitrogens with one attached hydrogen (secondary N) is 1. The van der Waals surface area contributed by atoms with Gasteiger partial charge in [-0.25, -0.2) is 15.0 Å². The molecule has 0 saturated carbocycles. The van der Waals surface area contributed by atoms with Crippen LogP contribution < -0.4 is 5.32 Å². The van der Waals surface area contributed by atoms with Crippen molar-refractivity contribution < 1.29 is 0 Å². The summed E-state index contributed by atoms with van der Waals surface area (Å²) in [5.74, 6) is 1.80. The minimum atomic E-state index is 0.222. The first-order valence-corrected chi connectivity index (χ1v) is 7.66. The van der Waals surface area contributed by atoms with Gasteiger partial charge in [-0.2, -0.15) is 0 Å². The fourth-order valence-electron chi connectivity index (χ4n) is 2.28. The third kappa shape index (κ3) is 2.80. The molecule has 108 valence electrons. The largest absolute Gasteiger partial charge is 0.376 e. The summed E-state index contributed by atoms with van der Waals surface area (Å²) in [5, 5.41) is 3.46. The van der Waals surface area contributed by atoms with Gasteiger partial charge in [0, 0.05) is 17.3 Å². The number of hydrogen-bond donors (Lipinski definition) is 1. The summed E-state index contributed by atoms with van der Waals surface area (Å²) in [7, 11) is 0. The third-order valence-corrected chi connectivity index (χ3v) is 4.49. The van der Waals surface area contributed by atoms with Crippen molar-refractivity contribution in [3.8, 4) is 5.82 Å². The SMILES string of the molecule is Cc1ncsc1C(C)Nc1ccc(-n2ccnc2C)nc1. The molecule has 3 aromatic heterocycles. The van der Waals surface area contributed by atoms with E-state index in [1.165, 1.54) is 4.88 Å². The van der Waals surface area contributed by atoms with Gasteiger partial charge < -0.3 is 5.32 Å². The van der Waals surface area contributed by atoms with Crippen LogP contribution in [0.4, 0.5) is 5.69 Å². The third-order valence-electron chi connectivity index (χ3n) is 3.38. The van der Waals surface area contributed by atoms with Crippen LogP contribution in [0.1, 0.15) is 29.4 Å². The molecule has 3 heterocycles. The predicted octanol–water partition coefficient (Wildman–Crippen LogP) is 3.51. The average molecular weight is 299 g/mol. The maximum absolute atomic E-state index is 4.49. The number of hydrogen-bond acceptors (Lipinski definition) is 5. The Bertz CT molecular complexity index is 729. The second kappa shape index (κ2) is 5.65. The van der Waals surface area contributed by atoms with Gasteiger partial charge in [-0.1, -0.05) is 0 Å². The van der Waals surface area contributed by atoms with Gasteiger partial charge in [0.2, 0.25) is 0 Å². The maximum atomic E-state index is 4.49. The molecule has 3 aromatic rings. The molecule has 21 heavy (non-hydrogen) atoms. The molecule has 0 aliphatic carbocycles. The highest BCUT2D eigenvalue weighted by Crippen LogP contribution is 2.25. The van der Waals surface area contributed by atoms with Crippen molar-refractivity contribution in [2.45, 2.75) is 26.8 Å². The van der Waals surface area contributed by atoms with Crippen molar-refractivity contribution in [1.82, 2.24) is 19.5 Å². The molecule has 0 bridgehead atoms. The van der Waals surface area contributed by atoms with Gasteiger partial charge in [0.1, 0.15) is 11.6 Å². The van der Waals surface area contributed by atoms with Crippen LogP contribution in [0.5, 0.6) is 0 Å². The van der Waals surface area contributed by atoms with E-state index in [-0.39, 0.29) is 6.04 Å². The average Bonchev–Trinajstić information content (AvgIpc) is 3.08. The number of aromatic nitrogens is 4. The van der Waals surface area contributed by atoms with E-state index >= 15 is 0 Å². The van der Waals surface area contributed by atoms with Gasteiger partial charge in [0.15, 0.2) is 0 Å². The Kier molecular flexibility index (Phi) is 3.70. The molecule has 5 nitrogen and oxygen atoms in total. The summed E-state index contributed by atoms with van der Waals surface area (Å²) in [6, 6.07) is 4.25. The van der Waals surface area contributed by atoms with Gasteiger partial charge in [0.25, 0.3) is 0 Å². The summed E-state index contributed by atoms with van der Waals surface area (Å²) >= 11 is 1.67. The number of rotatable bonds is 4. The smallest absolute Gasteiger partial charge is 0.138 e. The van der Waals surface area contributed by atoms with E-state index in [1.54, 1.807) is 17.5 Å². The van der Waals surface area contributed by atoms with E-state index in [1.807, 2.05) is 48.5 Å². The first kappa shape index (κ1) is 13.8. The lowest BCUT2D eigenvalue weighted by atomic mass is 10.2. The molecule has 1 N–H and O–H groups in total. The summed E-state index contributed by atoms with van der Waals surface area (Å²) in [5.41, 5.74) is 3.96. The summed E-state index contributed by atoms with van der Waals surface area (Å²) < 4.78 is 1.96. The zero-order valence-corrected chi connectivity index (χ0v) is 13.1. The Balaban J connectivity index is 1.76. The second-order valence-electron chi connectivity index (χ2n) is 4.92. The lowest BCUT2D eigenvalue weighted by molar-refractivity contribution is 0.884. The van der Waals surface area contributed by atoms with Gasteiger partial charge in [0.05, 0.1) is 29.1 Å². The number of thiazole rings is 1. The molecule has 0 aromatic carbocycles. The van der Waals surface area contributed by atoms with Crippen LogP contribution in [0.3, 0.4) is 0 Å². The molecular formula is C15H17N5S. The first-order valence-electron chi connectivity index (χ1n) is 6.78. The number of imidazole rings is 1. The van der Waals surface area contributed by atoms with Crippen molar-refractivity contribution in [2.24, 2.45) is 0 Å². The van der Waals surface area contributed by atoms with Crippen molar-refractivity contribution in [2.75, 3.05) is 5.32 Å². The molecule has 1 unspecified atom stereocenters. The highest BCUT2D eigenvalue weighted by Gasteiger charge is 2.11. The Labute approximate surface area is 127 Å². The molecule has 0 radical (unpaired) electrons. The standard InChI is InChI=1S/C15H17N5S/c1-10-15(21-9-18-10)11(2)19-13-4-5-14(17-8-13)20-7-6-16-12(20)3/h4-9,11,19H,1-3H3. The molecule has 1 atom stereocenters. The molecule has 3 rings (SSSR count). The van der Waals surface area contributed by atoms with Crippen LogP contribution >= 0.6 is 11.3 Å².